The van der Waals surface area contributed by atoms with Crippen LogP contribution in [0, 0.1) is 6.92 Å². The second kappa shape index (κ2) is 8.51. The number of hydrogen-bond donors (Lipinski definition) is 1. The summed E-state index contributed by atoms with van der Waals surface area (Å²) in [5.41, 5.74) is 0.703. The molecule has 0 aliphatic heterocycles. The molecule has 3 rings (SSSR count). The van der Waals surface area contributed by atoms with Crippen molar-refractivity contribution < 1.29 is 9.53 Å². The molecular formula is C19H21N3O2S2. The lowest BCUT2D eigenvalue weighted by molar-refractivity contribution is -0.115. The summed E-state index contributed by atoms with van der Waals surface area (Å²) >= 11 is 3.24. The van der Waals surface area contributed by atoms with E-state index in [0.717, 1.165) is 15.2 Å². The van der Waals surface area contributed by atoms with Gasteiger partial charge in [-0.25, -0.2) is 9.97 Å². The number of aromatic nitrogens is 2. The monoisotopic (exact) mass is 387 g/mol. The van der Waals surface area contributed by atoms with Gasteiger partial charge < -0.3 is 10.1 Å². The Morgan fingerprint density at radius 3 is 2.92 bits per heavy atom. The summed E-state index contributed by atoms with van der Waals surface area (Å²) in [5, 5.41) is 4.93. The molecule has 3 aromatic rings. The zero-order valence-corrected chi connectivity index (χ0v) is 16.6. The van der Waals surface area contributed by atoms with Crippen molar-refractivity contribution in [2.24, 2.45) is 0 Å². The van der Waals surface area contributed by atoms with Crippen molar-refractivity contribution in [3.8, 4) is 5.75 Å². The first-order valence-electron chi connectivity index (χ1n) is 8.42. The number of fused-ring (bicyclic) bond motifs is 1. The lowest BCUT2D eigenvalue weighted by Crippen LogP contribution is -2.14. The number of thiophene rings is 1. The highest BCUT2D eigenvalue weighted by Crippen LogP contribution is 2.30. The number of rotatable bonds is 7. The molecule has 7 heteroatoms. The highest BCUT2D eigenvalue weighted by Gasteiger charge is 2.11. The Hall–Kier alpha value is -2.12. The van der Waals surface area contributed by atoms with Gasteiger partial charge in [-0.05, 0) is 39.0 Å². The van der Waals surface area contributed by atoms with Crippen molar-refractivity contribution in [2.45, 2.75) is 38.3 Å². The van der Waals surface area contributed by atoms with Crippen molar-refractivity contribution in [1.82, 2.24) is 9.97 Å². The molecule has 0 fully saturated rings. The van der Waals surface area contributed by atoms with E-state index in [4.69, 9.17) is 4.74 Å². The molecule has 0 aliphatic carbocycles. The minimum atomic E-state index is -0.0379. The van der Waals surface area contributed by atoms with Crippen LogP contribution in [-0.2, 0) is 4.79 Å². The van der Waals surface area contributed by atoms with Crippen molar-refractivity contribution in [3.63, 3.8) is 0 Å². The van der Waals surface area contributed by atoms with Crippen LogP contribution >= 0.6 is 23.1 Å². The van der Waals surface area contributed by atoms with Crippen LogP contribution in [0.1, 0.15) is 25.1 Å². The standard InChI is InChI=1S/C19H21N3O2S2/c1-12(2)24-16-7-5-4-6-15(16)22-17(23)8-9-25-18-14-10-13(3)26-19(14)21-11-20-18/h4-7,10-12H,8-9H2,1-3H3,(H,22,23). The highest BCUT2D eigenvalue weighted by atomic mass is 32.2. The number of aryl methyl sites for hydroxylation is 1. The Balaban J connectivity index is 1.58. The van der Waals surface area contributed by atoms with Crippen LogP contribution in [0.25, 0.3) is 10.2 Å². The topological polar surface area (TPSA) is 64.1 Å². The zero-order chi connectivity index (χ0) is 18.5. The van der Waals surface area contributed by atoms with Gasteiger partial charge in [0.1, 0.15) is 21.9 Å². The summed E-state index contributed by atoms with van der Waals surface area (Å²) in [4.78, 5) is 23.1. The maximum atomic E-state index is 12.3. The summed E-state index contributed by atoms with van der Waals surface area (Å²) < 4.78 is 5.73. The van der Waals surface area contributed by atoms with Crippen LogP contribution < -0.4 is 10.1 Å². The molecule has 0 aliphatic rings. The van der Waals surface area contributed by atoms with Crippen molar-refractivity contribution in [2.75, 3.05) is 11.1 Å². The maximum Gasteiger partial charge on any atom is 0.225 e. The number of hydrogen-bond acceptors (Lipinski definition) is 6. The van der Waals surface area contributed by atoms with Crippen LogP contribution in [0.3, 0.4) is 0 Å². The molecule has 1 N–H and O–H groups in total. The smallest absolute Gasteiger partial charge is 0.225 e. The van der Waals surface area contributed by atoms with Gasteiger partial charge in [-0.15, -0.1) is 23.1 Å². The van der Waals surface area contributed by atoms with Gasteiger partial charge in [-0.1, -0.05) is 12.1 Å². The van der Waals surface area contributed by atoms with E-state index in [1.54, 1.807) is 29.4 Å². The predicted octanol–water partition coefficient (Wildman–Crippen LogP) is 4.91. The van der Waals surface area contributed by atoms with E-state index in [1.807, 2.05) is 38.1 Å². The average Bonchev–Trinajstić information content (AvgIpc) is 2.97. The first-order valence-corrected chi connectivity index (χ1v) is 10.2. The zero-order valence-electron chi connectivity index (χ0n) is 15.0. The number of nitrogens with zero attached hydrogens (tertiary/aromatic N) is 2. The molecule has 0 atom stereocenters. The van der Waals surface area contributed by atoms with Gasteiger partial charge in [-0.2, -0.15) is 0 Å². The molecule has 1 amide bonds. The molecule has 2 aromatic heterocycles. The first-order chi connectivity index (χ1) is 12.5. The van der Waals surface area contributed by atoms with Crippen LogP contribution in [0.5, 0.6) is 5.75 Å². The van der Waals surface area contributed by atoms with E-state index in [-0.39, 0.29) is 12.0 Å². The molecule has 2 heterocycles. The number of carbonyl (C=O) groups is 1. The Bertz CT molecular complexity index is 909. The largest absolute Gasteiger partial charge is 0.489 e. The Morgan fingerprint density at radius 2 is 2.12 bits per heavy atom. The average molecular weight is 388 g/mol. The second-order valence-corrected chi connectivity index (χ2v) is 8.38. The van der Waals surface area contributed by atoms with Crippen molar-refractivity contribution in [3.05, 3.63) is 41.5 Å². The van der Waals surface area contributed by atoms with E-state index < -0.39 is 0 Å². The van der Waals surface area contributed by atoms with Gasteiger partial charge >= 0.3 is 0 Å². The van der Waals surface area contributed by atoms with Gasteiger partial charge in [0, 0.05) is 22.4 Å². The molecule has 5 nitrogen and oxygen atoms in total. The second-order valence-electron chi connectivity index (χ2n) is 6.06. The fourth-order valence-electron chi connectivity index (χ4n) is 2.45. The number of nitrogens with one attached hydrogen (secondary N) is 1. The maximum absolute atomic E-state index is 12.3. The minimum Gasteiger partial charge on any atom is -0.489 e. The Kier molecular flexibility index (Phi) is 6.11. The fourth-order valence-corrected chi connectivity index (χ4v) is 4.27. The molecular weight excluding hydrogens is 366 g/mol. The first kappa shape index (κ1) is 18.7. The molecule has 0 bridgehead atoms. The van der Waals surface area contributed by atoms with Gasteiger partial charge in [0.25, 0.3) is 0 Å². The number of amides is 1. The third-order valence-electron chi connectivity index (χ3n) is 3.51. The molecule has 0 spiro atoms. The number of para-hydroxylation sites is 2. The molecule has 0 saturated heterocycles. The van der Waals surface area contributed by atoms with E-state index in [2.05, 4.69) is 28.3 Å². The molecule has 0 unspecified atom stereocenters. The number of anilines is 1. The summed E-state index contributed by atoms with van der Waals surface area (Å²) in [7, 11) is 0. The number of ether oxygens (including phenoxy) is 1. The molecule has 1 aromatic carbocycles. The SMILES string of the molecule is Cc1cc2c(SCCC(=O)Nc3ccccc3OC(C)C)ncnc2s1. The highest BCUT2D eigenvalue weighted by molar-refractivity contribution is 7.99. The van der Waals surface area contributed by atoms with Crippen LogP contribution in [0.2, 0.25) is 0 Å². The van der Waals surface area contributed by atoms with Crippen molar-refractivity contribution in [1.29, 1.82) is 0 Å². The minimum absolute atomic E-state index is 0.0379. The molecule has 0 saturated carbocycles. The fraction of sp³-hybridized carbons (Fsp3) is 0.316. The molecule has 0 radical (unpaired) electrons. The predicted molar refractivity (Wildman–Crippen MR) is 108 cm³/mol. The van der Waals surface area contributed by atoms with E-state index in [9.17, 15) is 4.79 Å². The quantitative estimate of drug-likeness (QED) is 0.461. The van der Waals surface area contributed by atoms with E-state index in [1.165, 1.54) is 4.88 Å². The Morgan fingerprint density at radius 1 is 1.31 bits per heavy atom. The van der Waals surface area contributed by atoms with Crippen LogP contribution in [0.4, 0.5) is 5.69 Å². The normalized spacial score (nSPS) is 11.1. The third kappa shape index (κ3) is 4.74. The Labute approximate surface area is 161 Å². The summed E-state index contributed by atoms with van der Waals surface area (Å²) in [6.45, 7) is 5.98. The third-order valence-corrected chi connectivity index (χ3v) is 5.47. The van der Waals surface area contributed by atoms with Crippen LogP contribution in [-0.4, -0.2) is 27.7 Å². The van der Waals surface area contributed by atoms with Gasteiger partial charge in [0.2, 0.25) is 5.91 Å². The lowest BCUT2D eigenvalue weighted by atomic mass is 10.2. The van der Waals surface area contributed by atoms with Crippen LogP contribution in [0.15, 0.2) is 41.7 Å². The molecule has 136 valence electrons. The summed E-state index contributed by atoms with van der Waals surface area (Å²) in [5.74, 6) is 1.30. The lowest BCUT2D eigenvalue weighted by Gasteiger charge is -2.14. The number of carbonyl (C=O) groups excluding carboxylic acids is 1. The number of benzene rings is 1. The summed E-state index contributed by atoms with van der Waals surface area (Å²) in [6.07, 6.45) is 2.04. The number of thioether (sulfide) groups is 1. The van der Waals surface area contributed by atoms with E-state index >= 15 is 0 Å². The van der Waals surface area contributed by atoms with Crippen molar-refractivity contribution >= 4 is 44.9 Å². The van der Waals surface area contributed by atoms with Gasteiger partial charge in [-0.3, -0.25) is 4.79 Å². The summed E-state index contributed by atoms with van der Waals surface area (Å²) in [6, 6.07) is 9.59. The van der Waals surface area contributed by atoms with Gasteiger partial charge in [0.15, 0.2) is 0 Å². The molecule has 26 heavy (non-hydrogen) atoms. The van der Waals surface area contributed by atoms with E-state index in [0.29, 0.717) is 23.6 Å². The van der Waals surface area contributed by atoms with Gasteiger partial charge in [0.05, 0.1) is 11.8 Å².